The minimum absolute atomic E-state index is 0.187. The van der Waals surface area contributed by atoms with Gasteiger partial charge in [-0.05, 0) is 25.5 Å². The summed E-state index contributed by atoms with van der Waals surface area (Å²) < 4.78 is 38.2. The molecule has 0 heterocycles. The normalized spacial score (nSPS) is 25.2. The van der Waals surface area contributed by atoms with Crippen molar-refractivity contribution in [2.45, 2.75) is 30.5 Å². The number of hydrogen-bond donors (Lipinski definition) is 1. The van der Waals surface area contributed by atoms with Crippen LogP contribution in [0.3, 0.4) is 0 Å². The van der Waals surface area contributed by atoms with Gasteiger partial charge in [0.1, 0.15) is 6.17 Å². The number of nitrogens with one attached hydrogen (secondary N) is 1. The van der Waals surface area contributed by atoms with E-state index in [1.54, 1.807) is 12.1 Å². The Balaban J connectivity index is 2.18. The van der Waals surface area contributed by atoms with Crippen molar-refractivity contribution in [3.8, 4) is 0 Å². The zero-order valence-electron chi connectivity index (χ0n) is 8.27. The number of halogens is 1. The molecule has 1 aromatic rings. The lowest BCUT2D eigenvalue weighted by Gasteiger charge is -2.05. The van der Waals surface area contributed by atoms with Crippen molar-refractivity contribution in [1.82, 2.24) is 4.72 Å². The Hall–Kier alpha value is -0.940. The van der Waals surface area contributed by atoms with Crippen LogP contribution in [-0.2, 0) is 10.0 Å². The first-order valence-corrected chi connectivity index (χ1v) is 6.20. The fourth-order valence-electron chi connectivity index (χ4n) is 1.27. The predicted octanol–water partition coefficient (Wildman–Crippen LogP) is 1.38. The van der Waals surface area contributed by atoms with Crippen LogP contribution in [0.1, 0.15) is 12.0 Å². The van der Waals surface area contributed by atoms with Gasteiger partial charge in [-0.3, -0.25) is 0 Å². The van der Waals surface area contributed by atoms with Gasteiger partial charge < -0.3 is 0 Å². The molecule has 0 amide bonds. The zero-order chi connectivity index (χ0) is 11.1. The van der Waals surface area contributed by atoms with E-state index in [-0.39, 0.29) is 11.3 Å². The molecule has 0 spiro atoms. The molecule has 1 fully saturated rings. The highest BCUT2D eigenvalue weighted by Gasteiger charge is 2.40. The van der Waals surface area contributed by atoms with E-state index in [1.807, 2.05) is 6.92 Å². The van der Waals surface area contributed by atoms with Gasteiger partial charge in [-0.15, -0.1) is 0 Å². The summed E-state index contributed by atoms with van der Waals surface area (Å²) >= 11 is 0. The number of alkyl halides is 1. The fraction of sp³-hybridized carbons (Fsp3) is 0.400. The molecule has 2 atom stereocenters. The lowest BCUT2D eigenvalue weighted by Crippen LogP contribution is -2.27. The lowest BCUT2D eigenvalue weighted by atomic mass is 10.2. The van der Waals surface area contributed by atoms with Crippen LogP contribution in [0, 0.1) is 6.92 Å². The zero-order valence-corrected chi connectivity index (χ0v) is 9.09. The third kappa shape index (κ3) is 2.35. The second-order valence-corrected chi connectivity index (χ2v) is 5.51. The van der Waals surface area contributed by atoms with Gasteiger partial charge in [-0.1, -0.05) is 17.7 Å². The van der Waals surface area contributed by atoms with Crippen LogP contribution in [0.5, 0.6) is 0 Å². The molecule has 1 N–H and O–H groups in total. The summed E-state index contributed by atoms with van der Waals surface area (Å²) in [5.74, 6) is 0. The Bertz CT molecular complexity index is 455. The molecule has 2 rings (SSSR count). The first-order chi connectivity index (χ1) is 6.99. The number of aryl methyl sites for hydroxylation is 1. The molecule has 0 aromatic heterocycles. The summed E-state index contributed by atoms with van der Waals surface area (Å²) in [4.78, 5) is 0.187. The minimum Gasteiger partial charge on any atom is -0.246 e. The van der Waals surface area contributed by atoms with E-state index < -0.39 is 22.2 Å². The molecular weight excluding hydrogens is 217 g/mol. The quantitative estimate of drug-likeness (QED) is 0.851. The van der Waals surface area contributed by atoms with Crippen molar-refractivity contribution in [2.24, 2.45) is 0 Å². The van der Waals surface area contributed by atoms with E-state index in [1.165, 1.54) is 12.1 Å². The van der Waals surface area contributed by atoms with Crippen LogP contribution >= 0.6 is 0 Å². The fourth-order valence-corrected chi connectivity index (χ4v) is 2.54. The third-order valence-electron chi connectivity index (χ3n) is 2.35. The smallest absolute Gasteiger partial charge is 0.240 e. The molecule has 1 aliphatic carbocycles. The van der Waals surface area contributed by atoms with Gasteiger partial charge in [-0.25, -0.2) is 17.5 Å². The standard InChI is InChI=1S/C10H12FNO2S/c1-7-2-4-8(5-3-7)15(13,14)12-10-6-9(10)11/h2-5,9-10,12H,6H2,1H3/t9-,10+/m0/s1. The number of rotatable bonds is 3. The van der Waals surface area contributed by atoms with Gasteiger partial charge in [0.15, 0.2) is 0 Å². The van der Waals surface area contributed by atoms with Crippen LogP contribution in [0.25, 0.3) is 0 Å². The SMILES string of the molecule is Cc1ccc(S(=O)(=O)N[C@@H]2C[C@@H]2F)cc1. The van der Waals surface area contributed by atoms with Gasteiger partial charge in [0.05, 0.1) is 10.9 Å². The summed E-state index contributed by atoms with van der Waals surface area (Å²) in [6.45, 7) is 1.88. The summed E-state index contributed by atoms with van der Waals surface area (Å²) in [6, 6.07) is 5.94. The second-order valence-electron chi connectivity index (χ2n) is 3.79. The molecule has 1 saturated carbocycles. The van der Waals surface area contributed by atoms with Gasteiger partial charge >= 0.3 is 0 Å². The van der Waals surface area contributed by atoms with Crippen LogP contribution in [0.2, 0.25) is 0 Å². The molecule has 0 aliphatic heterocycles. The maximum atomic E-state index is 12.6. The van der Waals surface area contributed by atoms with Crippen molar-refractivity contribution in [3.63, 3.8) is 0 Å². The average molecular weight is 229 g/mol. The maximum absolute atomic E-state index is 12.6. The van der Waals surface area contributed by atoms with Gasteiger partial charge in [0.25, 0.3) is 0 Å². The first-order valence-electron chi connectivity index (χ1n) is 4.72. The Morgan fingerprint density at radius 1 is 1.33 bits per heavy atom. The molecule has 1 aromatic carbocycles. The average Bonchev–Trinajstić information content (AvgIpc) is 2.81. The minimum atomic E-state index is -3.54. The van der Waals surface area contributed by atoms with Crippen molar-refractivity contribution < 1.29 is 12.8 Å². The molecule has 3 nitrogen and oxygen atoms in total. The highest BCUT2D eigenvalue weighted by atomic mass is 32.2. The van der Waals surface area contributed by atoms with Crippen molar-refractivity contribution >= 4 is 10.0 Å². The van der Waals surface area contributed by atoms with E-state index in [0.29, 0.717) is 0 Å². The highest BCUT2D eigenvalue weighted by molar-refractivity contribution is 7.89. The van der Waals surface area contributed by atoms with E-state index in [0.717, 1.165) is 5.56 Å². The van der Waals surface area contributed by atoms with Gasteiger partial charge in [-0.2, -0.15) is 0 Å². The van der Waals surface area contributed by atoms with Crippen LogP contribution in [-0.4, -0.2) is 20.6 Å². The number of benzene rings is 1. The Morgan fingerprint density at radius 3 is 2.33 bits per heavy atom. The van der Waals surface area contributed by atoms with Gasteiger partial charge in [0.2, 0.25) is 10.0 Å². The number of hydrogen-bond acceptors (Lipinski definition) is 2. The molecule has 0 unspecified atom stereocenters. The van der Waals surface area contributed by atoms with Crippen LogP contribution < -0.4 is 4.72 Å². The van der Waals surface area contributed by atoms with Crippen molar-refractivity contribution in [3.05, 3.63) is 29.8 Å². The maximum Gasteiger partial charge on any atom is 0.240 e. The largest absolute Gasteiger partial charge is 0.246 e. The molecule has 0 saturated heterocycles. The van der Waals surface area contributed by atoms with Gasteiger partial charge in [0, 0.05) is 0 Å². The monoisotopic (exact) mass is 229 g/mol. The summed E-state index contributed by atoms with van der Waals surface area (Å²) in [5.41, 5.74) is 0.990. The lowest BCUT2D eigenvalue weighted by molar-refractivity contribution is 0.459. The topological polar surface area (TPSA) is 46.2 Å². The Labute approximate surface area is 88.4 Å². The van der Waals surface area contributed by atoms with E-state index >= 15 is 0 Å². The molecular formula is C10H12FNO2S. The molecule has 15 heavy (non-hydrogen) atoms. The third-order valence-corrected chi connectivity index (χ3v) is 3.86. The number of sulfonamides is 1. The van der Waals surface area contributed by atoms with E-state index in [4.69, 9.17) is 0 Å². The summed E-state index contributed by atoms with van der Waals surface area (Å²) in [5, 5.41) is 0. The van der Waals surface area contributed by atoms with Crippen LogP contribution in [0.4, 0.5) is 4.39 Å². The van der Waals surface area contributed by atoms with Crippen molar-refractivity contribution in [2.75, 3.05) is 0 Å². The van der Waals surface area contributed by atoms with E-state index in [2.05, 4.69) is 4.72 Å². The first kappa shape index (κ1) is 10.6. The molecule has 1 aliphatic rings. The van der Waals surface area contributed by atoms with Crippen LogP contribution in [0.15, 0.2) is 29.2 Å². The summed E-state index contributed by atoms with van der Waals surface area (Å²) in [7, 11) is -3.54. The molecule has 0 radical (unpaired) electrons. The molecule has 82 valence electrons. The molecule has 5 heteroatoms. The summed E-state index contributed by atoms with van der Waals surface area (Å²) in [6.07, 6.45) is -0.740. The van der Waals surface area contributed by atoms with E-state index in [9.17, 15) is 12.8 Å². The Kier molecular flexibility index (Phi) is 2.52. The second kappa shape index (κ2) is 3.57. The highest BCUT2D eigenvalue weighted by Crippen LogP contribution is 2.26. The van der Waals surface area contributed by atoms with Crippen molar-refractivity contribution in [1.29, 1.82) is 0 Å². The molecule has 0 bridgehead atoms. The predicted molar refractivity (Wildman–Crippen MR) is 54.8 cm³/mol. The Morgan fingerprint density at radius 2 is 1.87 bits per heavy atom.